The minimum absolute atomic E-state index is 0.105. The normalized spacial score (nSPS) is 22.9. The van der Waals surface area contributed by atoms with Gasteiger partial charge in [0.2, 0.25) is 0 Å². The molecular formula is C13H23N3O3S. The Labute approximate surface area is 120 Å². The number of piperidine rings is 1. The van der Waals surface area contributed by atoms with Gasteiger partial charge in [-0.15, -0.1) is 0 Å². The molecule has 1 aliphatic heterocycles. The number of nitrogens with two attached hydrogens (primary N) is 1. The predicted molar refractivity (Wildman–Crippen MR) is 77.3 cm³/mol. The standard InChI is InChI=1S/C13H23N3O3S/c1-10-6-7-13(19-10)11(2)15-20(17,18)16-8-4-3-5-12(16)9-14/h6-7,11-12,15H,3-5,8-9,14H2,1-2H3. The van der Waals surface area contributed by atoms with Crippen molar-refractivity contribution in [2.45, 2.75) is 45.2 Å². The fourth-order valence-corrected chi connectivity index (χ4v) is 4.21. The monoisotopic (exact) mass is 301 g/mol. The van der Waals surface area contributed by atoms with Gasteiger partial charge in [-0.25, -0.2) is 0 Å². The molecule has 1 fully saturated rings. The van der Waals surface area contributed by atoms with E-state index in [4.69, 9.17) is 10.2 Å². The maximum Gasteiger partial charge on any atom is 0.280 e. The van der Waals surface area contributed by atoms with Gasteiger partial charge in [0.1, 0.15) is 11.5 Å². The number of aryl methyl sites for hydroxylation is 1. The quantitative estimate of drug-likeness (QED) is 0.858. The molecule has 1 saturated heterocycles. The highest BCUT2D eigenvalue weighted by Crippen LogP contribution is 2.22. The van der Waals surface area contributed by atoms with Crippen LogP contribution >= 0.6 is 0 Å². The van der Waals surface area contributed by atoms with Crippen LogP contribution in [0.15, 0.2) is 16.5 Å². The summed E-state index contributed by atoms with van der Waals surface area (Å²) in [5.74, 6) is 1.39. The molecule has 0 spiro atoms. The highest BCUT2D eigenvalue weighted by molar-refractivity contribution is 7.87. The summed E-state index contributed by atoms with van der Waals surface area (Å²) in [5, 5.41) is 0. The second-order valence-corrected chi connectivity index (χ2v) is 6.94. The van der Waals surface area contributed by atoms with Crippen LogP contribution in [-0.2, 0) is 10.2 Å². The van der Waals surface area contributed by atoms with Gasteiger partial charge >= 0.3 is 0 Å². The molecule has 2 atom stereocenters. The number of furan rings is 1. The average molecular weight is 301 g/mol. The van der Waals surface area contributed by atoms with Crippen LogP contribution < -0.4 is 10.5 Å². The summed E-state index contributed by atoms with van der Waals surface area (Å²) >= 11 is 0. The van der Waals surface area contributed by atoms with Crippen molar-refractivity contribution in [3.8, 4) is 0 Å². The first-order valence-electron chi connectivity index (χ1n) is 6.99. The fourth-order valence-electron chi connectivity index (χ4n) is 2.56. The summed E-state index contributed by atoms with van der Waals surface area (Å²) in [6.07, 6.45) is 2.73. The van der Waals surface area contributed by atoms with Crippen molar-refractivity contribution in [1.82, 2.24) is 9.03 Å². The van der Waals surface area contributed by atoms with Gasteiger partial charge in [-0.1, -0.05) is 6.42 Å². The molecule has 1 aromatic rings. The number of rotatable bonds is 5. The zero-order valence-electron chi connectivity index (χ0n) is 12.0. The second kappa shape index (κ2) is 6.26. The van der Waals surface area contributed by atoms with Crippen molar-refractivity contribution in [3.05, 3.63) is 23.7 Å². The first kappa shape index (κ1) is 15.5. The maximum atomic E-state index is 12.5. The Morgan fingerprint density at radius 3 is 2.85 bits per heavy atom. The molecule has 6 nitrogen and oxygen atoms in total. The van der Waals surface area contributed by atoms with Crippen molar-refractivity contribution >= 4 is 10.2 Å². The molecule has 1 aromatic heterocycles. The molecule has 20 heavy (non-hydrogen) atoms. The molecular weight excluding hydrogens is 278 g/mol. The van der Waals surface area contributed by atoms with Gasteiger partial charge in [0.05, 0.1) is 6.04 Å². The smallest absolute Gasteiger partial charge is 0.280 e. The Hall–Kier alpha value is -0.890. The minimum atomic E-state index is -3.54. The summed E-state index contributed by atoms with van der Waals surface area (Å²) in [5.41, 5.74) is 5.68. The molecule has 7 heteroatoms. The molecule has 0 amide bonds. The summed E-state index contributed by atoms with van der Waals surface area (Å²) in [7, 11) is -3.54. The van der Waals surface area contributed by atoms with E-state index in [0.717, 1.165) is 25.0 Å². The number of hydrogen-bond donors (Lipinski definition) is 2. The van der Waals surface area contributed by atoms with Crippen LogP contribution in [0.1, 0.15) is 43.7 Å². The molecule has 0 aliphatic carbocycles. The Kier molecular flexibility index (Phi) is 4.85. The molecule has 1 aliphatic rings. The Balaban J connectivity index is 2.09. The predicted octanol–water partition coefficient (Wildman–Crippen LogP) is 1.30. The summed E-state index contributed by atoms with van der Waals surface area (Å²) < 4.78 is 34.5. The molecule has 0 radical (unpaired) electrons. The highest BCUT2D eigenvalue weighted by atomic mass is 32.2. The van der Waals surface area contributed by atoms with Gasteiger partial charge in [0.15, 0.2) is 0 Å². The van der Waals surface area contributed by atoms with Crippen LogP contribution in [0.5, 0.6) is 0 Å². The summed E-state index contributed by atoms with van der Waals surface area (Å²) in [6, 6.07) is 3.11. The third-order valence-corrected chi connectivity index (χ3v) is 5.42. The van der Waals surface area contributed by atoms with Gasteiger partial charge in [0, 0.05) is 19.1 Å². The molecule has 2 unspecified atom stereocenters. The van der Waals surface area contributed by atoms with Gasteiger partial charge in [-0.3, -0.25) is 0 Å². The zero-order valence-corrected chi connectivity index (χ0v) is 12.8. The van der Waals surface area contributed by atoms with Crippen molar-refractivity contribution in [3.63, 3.8) is 0 Å². The molecule has 0 saturated carbocycles. The summed E-state index contributed by atoms with van der Waals surface area (Å²) in [4.78, 5) is 0. The van der Waals surface area contributed by atoms with Crippen LogP contribution in [0.25, 0.3) is 0 Å². The Bertz CT molecular complexity index is 541. The van der Waals surface area contributed by atoms with E-state index in [1.807, 2.05) is 13.0 Å². The van der Waals surface area contributed by atoms with Crippen LogP contribution in [-0.4, -0.2) is 31.9 Å². The lowest BCUT2D eigenvalue weighted by atomic mass is 10.1. The van der Waals surface area contributed by atoms with Gasteiger partial charge < -0.3 is 10.2 Å². The number of nitrogens with zero attached hydrogens (tertiary/aromatic N) is 1. The van der Waals surface area contributed by atoms with Crippen LogP contribution in [0, 0.1) is 6.92 Å². The van der Waals surface area contributed by atoms with Crippen molar-refractivity contribution < 1.29 is 12.8 Å². The Morgan fingerprint density at radius 2 is 2.25 bits per heavy atom. The van der Waals surface area contributed by atoms with Crippen molar-refractivity contribution in [2.24, 2.45) is 5.73 Å². The summed E-state index contributed by atoms with van der Waals surface area (Å²) in [6.45, 7) is 4.49. The van der Waals surface area contributed by atoms with Crippen molar-refractivity contribution in [2.75, 3.05) is 13.1 Å². The van der Waals surface area contributed by atoms with E-state index in [-0.39, 0.29) is 6.04 Å². The molecule has 114 valence electrons. The lowest BCUT2D eigenvalue weighted by molar-refractivity contribution is 0.252. The topological polar surface area (TPSA) is 88.6 Å². The van der Waals surface area contributed by atoms with E-state index in [2.05, 4.69) is 4.72 Å². The number of nitrogens with one attached hydrogen (secondary N) is 1. The molecule has 2 heterocycles. The van der Waals surface area contributed by atoms with E-state index in [1.54, 1.807) is 13.0 Å². The lowest BCUT2D eigenvalue weighted by Gasteiger charge is -2.34. The molecule has 2 rings (SSSR count). The van der Waals surface area contributed by atoms with Gasteiger partial charge in [0.25, 0.3) is 10.2 Å². The lowest BCUT2D eigenvalue weighted by Crippen LogP contribution is -2.52. The highest BCUT2D eigenvalue weighted by Gasteiger charge is 2.32. The third kappa shape index (κ3) is 3.41. The van der Waals surface area contributed by atoms with Gasteiger partial charge in [-0.05, 0) is 38.8 Å². The van der Waals surface area contributed by atoms with Crippen molar-refractivity contribution in [1.29, 1.82) is 0 Å². The van der Waals surface area contributed by atoms with E-state index in [0.29, 0.717) is 18.8 Å². The van der Waals surface area contributed by atoms with E-state index in [9.17, 15) is 8.42 Å². The van der Waals surface area contributed by atoms with Gasteiger partial charge in [-0.2, -0.15) is 17.4 Å². The first-order chi connectivity index (χ1) is 9.44. The molecule has 0 bridgehead atoms. The fraction of sp³-hybridized carbons (Fsp3) is 0.692. The number of hydrogen-bond acceptors (Lipinski definition) is 4. The molecule has 3 N–H and O–H groups in total. The van der Waals surface area contributed by atoms with Crippen LogP contribution in [0.2, 0.25) is 0 Å². The maximum absolute atomic E-state index is 12.5. The zero-order chi connectivity index (χ0) is 14.8. The SMILES string of the molecule is Cc1ccc(C(C)NS(=O)(=O)N2CCCCC2CN)o1. The molecule has 0 aromatic carbocycles. The largest absolute Gasteiger partial charge is 0.465 e. The third-order valence-electron chi connectivity index (χ3n) is 3.67. The minimum Gasteiger partial charge on any atom is -0.465 e. The second-order valence-electron chi connectivity index (χ2n) is 5.29. The first-order valence-corrected chi connectivity index (χ1v) is 8.43. The Morgan fingerprint density at radius 1 is 1.50 bits per heavy atom. The van der Waals surface area contributed by atoms with E-state index < -0.39 is 16.3 Å². The van der Waals surface area contributed by atoms with Crippen LogP contribution in [0.3, 0.4) is 0 Å². The van der Waals surface area contributed by atoms with E-state index >= 15 is 0 Å². The average Bonchev–Trinajstić information content (AvgIpc) is 2.85. The van der Waals surface area contributed by atoms with Crippen LogP contribution in [0.4, 0.5) is 0 Å². The van der Waals surface area contributed by atoms with E-state index in [1.165, 1.54) is 4.31 Å².